The van der Waals surface area contributed by atoms with Crippen molar-refractivity contribution in [1.82, 2.24) is 14.6 Å². The Kier molecular flexibility index (Phi) is 4.42. The monoisotopic (exact) mass is 377 g/mol. The van der Waals surface area contributed by atoms with Crippen LogP contribution >= 0.6 is 11.3 Å². The maximum Gasteiger partial charge on any atom is 0.235 e. The van der Waals surface area contributed by atoms with Crippen molar-refractivity contribution in [2.75, 3.05) is 13.1 Å². The number of aromatic nitrogens is 3. The lowest BCUT2D eigenvalue weighted by atomic mass is 10.0. The highest BCUT2D eigenvalue weighted by Gasteiger charge is 2.37. The van der Waals surface area contributed by atoms with Crippen LogP contribution in [0, 0.1) is 12.7 Å². The van der Waals surface area contributed by atoms with Gasteiger partial charge in [-0.3, -0.25) is 0 Å². The average molecular weight is 377 g/mol. The lowest BCUT2D eigenvalue weighted by molar-refractivity contribution is -0.939. The van der Waals surface area contributed by atoms with Crippen molar-refractivity contribution in [3.05, 3.63) is 46.3 Å². The molecule has 3 aromatic rings. The van der Waals surface area contributed by atoms with Crippen LogP contribution in [-0.2, 0) is 4.74 Å². The second-order valence-corrected chi connectivity index (χ2v) is 7.96. The smallest absolute Gasteiger partial charge is 0.235 e. The first-order chi connectivity index (χ1) is 12.4. The number of nitrogens with zero attached hydrogens (tertiary/aromatic N) is 3. The number of fused-ring (bicyclic) bond motifs is 1. The number of morpholine rings is 1. The van der Waals surface area contributed by atoms with Crippen molar-refractivity contribution < 1.29 is 19.1 Å². The molecule has 4 rings (SSSR count). The zero-order chi connectivity index (χ0) is 18.4. The third-order valence-electron chi connectivity index (χ3n) is 4.74. The van der Waals surface area contributed by atoms with Gasteiger partial charge in [-0.2, -0.15) is 4.52 Å². The summed E-state index contributed by atoms with van der Waals surface area (Å²) in [6.07, 6.45) is 0.228. The Balaban J connectivity index is 1.82. The van der Waals surface area contributed by atoms with Gasteiger partial charge >= 0.3 is 0 Å². The van der Waals surface area contributed by atoms with Crippen LogP contribution in [0.15, 0.2) is 24.3 Å². The predicted octanol–water partition coefficient (Wildman–Crippen LogP) is 1.73. The van der Waals surface area contributed by atoms with Crippen LogP contribution in [0.1, 0.15) is 36.2 Å². The van der Waals surface area contributed by atoms with Crippen LogP contribution in [0.4, 0.5) is 4.39 Å². The highest BCUT2D eigenvalue weighted by molar-refractivity contribution is 7.17. The van der Waals surface area contributed by atoms with Gasteiger partial charge in [0.2, 0.25) is 10.8 Å². The number of nitrogens with one attached hydrogen (secondary N) is 1. The van der Waals surface area contributed by atoms with Gasteiger partial charge in [0.05, 0.1) is 0 Å². The fraction of sp³-hybridized carbons (Fsp3) is 0.444. The summed E-state index contributed by atoms with van der Waals surface area (Å²) in [5.41, 5.74) is 0.958. The molecule has 6 nitrogen and oxygen atoms in total. The zero-order valence-corrected chi connectivity index (χ0v) is 15.8. The molecule has 1 fully saturated rings. The van der Waals surface area contributed by atoms with Crippen LogP contribution < -0.4 is 4.90 Å². The molecule has 26 heavy (non-hydrogen) atoms. The molecule has 4 atom stereocenters. The fourth-order valence-electron chi connectivity index (χ4n) is 3.81. The van der Waals surface area contributed by atoms with Crippen LogP contribution in [0.2, 0.25) is 0 Å². The molecule has 2 N–H and O–H groups in total. The van der Waals surface area contributed by atoms with Crippen molar-refractivity contribution in [2.45, 2.75) is 39.0 Å². The molecule has 3 heterocycles. The fourth-order valence-corrected chi connectivity index (χ4v) is 5.00. The molecule has 8 heteroatoms. The summed E-state index contributed by atoms with van der Waals surface area (Å²) in [7, 11) is 0. The number of benzene rings is 1. The first-order valence-electron chi connectivity index (χ1n) is 8.73. The molecule has 0 aliphatic carbocycles. The van der Waals surface area contributed by atoms with E-state index < -0.39 is 0 Å². The standard InChI is InChI=1S/C18H21FN4O2S/c1-10-8-22(9-11(2)25-10)15(13-4-6-14(19)7-5-13)16-17(24)23-18(26-16)20-12(3)21-23/h4-7,10-11,15,24H,8-9H2,1-3H3/p+1/t10-,11+,15-/m1/s1. The Labute approximate surface area is 154 Å². The molecule has 2 aromatic heterocycles. The van der Waals surface area contributed by atoms with E-state index in [0.29, 0.717) is 10.8 Å². The summed E-state index contributed by atoms with van der Waals surface area (Å²) in [6, 6.07) is 6.38. The Morgan fingerprint density at radius 1 is 1.27 bits per heavy atom. The van der Waals surface area contributed by atoms with Crippen LogP contribution in [0.3, 0.4) is 0 Å². The van der Waals surface area contributed by atoms with E-state index in [2.05, 4.69) is 23.9 Å². The first-order valence-corrected chi connectivity index (χ1v) is 9.54. The molecule has 1 saturated heterocycles. The molecular weight excluding hydrogens is 355 g/mol. The summed E-state index contributed by atoms with van der Waals surface area (Å²) in [5, 5.41) is 15.1. The number of quaternary nitrogens is 1. The van der Waals surface area contributed by atoms with Gasteiger partial charge in [0.15, 0.2) is 6.04 Å². The Bertz CT molecular complexity index is 913. The molecule has 0 bridgehead atoms. The molecule has 1 aliphatic heterocycles. The second-order valence-electron chi connectivity index (χ2n) is 6.95. The van der Waals surface area contributed by atoms with Crippen molar-refractivity contribution in [3.8, 4) is 5.88 Å². The van der Waals surface area contributed by atoms with Gasteiger partial charge in [-0.05, 0) is 45.0 Å². The number of thiazole rings is 1. The van der Waals surface area contributed by atoms with E-state index >= 15 is 0 Å². The van der Waals surface area contributed by atoms with Gasteiger partial charge in [-0.1, -0.05) is 11.3 Å². The molecule has 1 aliphatic rings. The summed E-state index contributed by atoms with van der Waals surface area (Å²) in [4.78, 5) is 7.11. The number of aryl methyl sites for hydroxylation is 1. The van der Waals surface area contributed by atoms with E-state index in [-0.39, 0.29) is 29.9 Å². The number of halogens is 1. The van der Waals surface area contributed by atoms with E-state index in [0.717, 1.165) is 23.5 Å². The Hall–Kier alpha value is -2.03. The van der Waals surface area contributed by atoms with Gasteiger partial charge in [-0.15, -0.1) is 5.10 Å². The minimum atomic E-state index is -0.270. The second kappa shape index (κ2) is 6.61. The highest BCUT2D eigenvalue weighted by Crippen LogP contribution is 2.35. The van der Waals surface area contributed by atoms with Gasteiger partial charge in [-0.25, -0.2) is 9.37 Å². The first kappa shape index (κ1) is 17.4. The van der Waals surface area contributed by atoms with Crippen molar-refractivity contribution in [3.63, 3.8) is 0 Å². The Morgan fingerprint density at radius 2 is 1.92 bits per heavy atom. The normalized spacial score (nSPS) is 24.8. The largest absolute Gasteiger partial charge is 0.492 e. The average Bonchev–Trinajstić information content (AvgIpc) is 3.07. The third-order valence-corrected chi connectivity index (χ3v) is 5.83. The number of rotatable bonds is 3. The van der Waals surface area contributed by atoms with Crippen LogP contribution in [-0.4, -0.2) is 45.0 Å². The SMILES string of the molecule is Cc1nc2sc([C@@H](c3ccc(F)cc3)[NH+]3C[C@@H](C)O[C@@H](C)C3)c(O)n2n1. The van der Waals surface area contributed by atoms with E-state index in [4.69, 9.17) is 4.74 Å². The third kappa shape index (κ3) is 3.08. The van der Waals surface area contributed by atoms with Gasteiger partial charge in [0.25, 0.3) is 0 Å². The minimum Gasteiger partial charge on any atom is -0.492 e. The molecule has 1 aromatic carbocycles. The van der Waals surface area contributed by atoms with Crippen molar-refractivity contribution in [1.29, 1.82) is 0 Å². The van der Waals surface area contributed by atoms with Crippen molar-refractivity contribution in [2.24, 2.45) is 0 Å². The van der Waals surface area contributed by atoms with Gasteiger partial charge in [0.1, 0.15) is 41.8 Å². The maximum atomic E-state index is 13.5. The summed E-state index contributed by atoms with van der Waals surface area (Å²) in [5.74, 6) is 0.463. The minimum absolute atomic E-state index is 0.110. The van der Waals surface area contributed by atoms with Gasteiger partial charge < -0.3 is 14.7 Å². The molecule has 0 radical (unpaired) electrons. The van der Waals surface area contributed by atoms with E-state index in [9.17, 15) is 9.50 Å². The van der Waals surface area contributed by atoms with Crippen LogP contribution in [0.25, 0.3) is 4.96 Å². The molecule has 1 unspecified atom stereocenters. The molecule has 0 amide bonds. The maximum absolute atomic E-state index is 13.5. The number of hydrogen-bond donors (Lipinski definition) is 2. The summed E-state index contributed by atoms with van der Waals surface area (Å²) >= 11 is 1.43. The topological polar surface area (TPSA) is 64.1 Å². The lowest BCUT2D eigenvalue weighted by Crippen LogP contribution is -3.15. The predicted molar refractivity (Wildman–Crippen MR) is 96.2 cm³/mol. The lowest BCUT2D eigenvalue weighted by Gasteiger charge is -2.37. The zero-order valence-electron chi connectivity index (χ0n) is 14.9. The molecule has 138 valence electrons. The molecule has 0 saturated carbocycles. The summed E-state index contributed by atoms with van der Waals surface area (Å²) in [6.45, 7) is 7.52. The quantitative estimate of drug-likeness (QED) is 0.730. The molecular formula is C18H22FN4O2S+. The summed E-state index contributed by atoms with van der Waals surface area (Å²) < 4.78 is 20.8. The number of hydrogen-bond acceptors (Lipinski definition) is 5. The van der Waals surface area contributed by atoms with Crippen molar-refractivity contribution >= 4 is 16.3 Å². The van der Waals surface area contributed by atoms with Crippen LogP contribution in [0.5, 0.6) is 5.88 Å². The molecule has 0 spiro atoms. The number of aromatic hydroxyl groups is 1. The Morgan fingerprint density at radius 3 is 2.54 bits per heavy atom. The highest BCUT2D eigenvalue weighted by atomic mass is 32.1. The van der Waals surface area contributed by atoms with Gasteiger partial charge in [0, 0.05) is 5.56 Å². The number of ether oxygens (including phenoxy) is 1. The van der Waals surface area contributed by atoms with E-state index in [1.807, 2.05) is 0 Å². The van der Waals surface area contributed by atoms with E-state index in [1.54, 1.807) is 19.1 Å². The van der Waals surface area contributed by atoms with E-state index in [1.165, 1.54) is 32.9 Å².